The fourth-order valence-corrected chi connectivity index (χ4v) is 2.96. The Labute approximate surface area is 117 Å². The van der Waals surface area contributed by atoms with Crippen LogP contribution in [0.5, 0.6) is 0 Å². The number of hydrogen-bond acceptors (Lipinski definition) is 4. The molecule has 1 fully saturated rings. The molecule has 1 heterocycles. The van der Waals surface area contributed by atoms with Crippen molar-refractivity contribution in [3.63, 3.8) is 0 Å². The maximum atomic E-state index is 11.9. The molecule has 0 bridgehead atoms. The number of pyridine rings is 1. The quantitative estimate of drug-likeness (QED) is 0.873. The Hall–Kier alpha value is -1.14. The molecule has 2 rings (SSSR count). The summed E-state index contributed by atoms with van der Waals surface area (Å²) in [6.45, 7) is 0. The fraction of sp³-hybridized carbons (Fsp3) is 0.500. The highest BCUT2D eigenvalue weighted by Crippen LogP contribution is 2.33. The van der Waals surface area contributed by atoms with Crippen molar-refractivity contribution < 1.29 is 13.2 Å². The van der Waals surface area contributed by atoms with Gasteiger partial charge in [0, 0.05) is 17.6 Å². The van der Waals surface area contributed by atoms with Crippen molar-refractivity contribution in [1.29, 1.82) is 0 Å². The smallest absolute Gasteiger partial charge is 0.274 e. The zero-order valence-electron chi connectivity index (χ0n) is 10.3. The third-order valence-electron chi connectivity index (χ3n) is 2.93. The van der Waals surface area contributed by atoms with Gasteiger partial charge >= 0.3 is 0 Å². The number of carbonyl (C=O) groups excluding carboxylic acids is 1. The van der Waals surface area contributed by atoms with E-state index in [1.54, 1.807) is 0 Å². The van der Waals surface area contributed by atoms with E-state index in [2.05, 4.69) is 4.98 Å². The first kappa shape index (κ1) is 14.3. The molecule has 1 saturated carbocycles. The van der Waals surface area contributed by atoms with E-state index in [0.717, 1.165) is 18.8 Å². The second kappa shape index (κ2) is 5.88. The molecule has 1 aromatic rings. The van der Waals surface area contributed by atoms with Crippen LogP contribution in [0, 0.1) is 5.92 Å². The van der Waals surface area contributed by atoms with Crippen molar-refractivity contribution in [2.45, 2.75) is 37.1 Å². The first-order chi connectivity index (χ1) is 8.97. The highest BCUT2D eigenvalue weighted by molar-refractivity contribution is 7.90. The van der Waals surface area contributed by atoms with Gasteiger partial charge in [0.2, 0.25) is 5.91 Å². The van der Waals surface area contributed by atoms with Gasteiger partial charge in [-0.25, -0.2) is 9.71 Å². The molecule has 1 N–H and O–H groups in total. The molecule has 7 heteroatoms. The lowest BCUT2D eigenvalue weighted by Gasteiger charge is -2.06. The summed E-state index contributed by atoms with van der Waals surface area (Å²) in [5.74, 6) is 0.237. The number of hydrogen-bond donors (Lipinski definition) is 1. The van der Waals surface area contributed by atoms with E-state index in [-0.39, 0.29) is 16.5 Å². The van der Waals surface area contributed by atoms with Gasteiger partial charge in [-0.05, 0) is 30.9 Å². The van der Waals surface area contributed by atoms with Crippen molar-refractivity contribution in [1.82, 2.24) is 9.71 Å². The summed E-state index contributed by atoms with van der Waals surface area (Å²) in [6.07, 6.45) is 5.67. The average molecular weight is 303 g/mol. The van der Waals surface area contributed by atoms with E-state index in [1.165, 1.54) is 31.2 Å². The standard InChI is InChI=1S/C12H15ClN2O3S/c13-10-6-7-14-12(8-10)19(17,18)15-11(16)3-1-2-9-4-5-9/h6-9H,1-5H2,(H,15,16). The maximum absolute atomic E-state index is 11.9. The Balaban J connectivity index is 1.90. The highest BCUT2D eigenvalue weighted by Gasteiger charge is 2.22. The normalized spacial score (nSPS) is 15.2. The van der Waals surface area contributed by atoms with Gasteiger partial charge in [0.25, 0.3) is 10.0 Å². The Kier molecular flexibility index (Phi) is 4.42. The van der Waals surface area contributed by atoms with Crippen LogP contribution >= 0.6 is 11.6 Å². The second-order valence-corrected chi connectivity index (χ2v) is 6.74. The molecule has 0 spiro atoms. The van der Waals surface area contributed by atoms with Crippen LogP contribution in [0.15, 0.2) is 23.4 Å². The summed E-state index contributed by atoms with van der Waals surface area (Å²) in [6, 6.07) is 2.68. The van der Waals surface area contributed by atoms with Gasteiger partial charge in [-0.15, -0.1) is 0 Å². The number of amides is 1. The zero-order valence-corrected chi connectivity index (χ0v) is 11.9. The molecule has 1 aromatic heterocycles. The van der Waals surface area contributed by atoms with E-state index in [0.29, 0.717) is 0 Å². The monoisotopic (exact) mass is 302 g/mol. The Morgan fingerprint density at radius 2 is 2.21 bits per heavy atom. The summed E-state index contributed by atoms with van der Waals surface area (Å²) in [7, 11) is -3.91. The summed E-state index contributed by atoms with van der Waals surface area (Å²) in [4.78, 5) is 15.3. The van der Waals surface area contributed by atoms with Crippen molar-refractivity contribution in [2.75, 3.05) is 0 Å². The van der Waals surface area contributed by atoms with Gasteiger partial charge < -0.3 is 0 Å². The summed E-state index contributed by atoms with van der Waals surface area (Å²) in [5.41, 5.74) is 0. The fourth-order valence-electron chi connectivity index (χ4n) is 1.74. The topological polar surface area (TPSA) is 76.1 Å². The first-order valence-corrected chi connectivity index (χ1v) is 8.01. The molecule has 0 aromatic carbocycles. The number of nitrogens with one attached hydrogen (secondary N) is 1. The first-order valence-electron chi connectivity index (χ1n) is 6.14. The summed E-state index contributed by atoms with van der Waals surface area (Å²) < 4.78 is 25.7. The minimum Gasteiger partial charge on any atom is -0.274 e. The molecule has 0 saturated heterocycles. The zero-order chi connectivity index (χ0) is 13.9. The minimum absolute atomic E-state index is 0.219. The predicted molar refractivity (Wildman–Crippen MR) is 71.2 cm³/mol. The maximum Gasteiger partial charge on any atom is 0.281 e. The van der Waals surface area contributed by atoms with Crippen molar-refractivity contribution >= 4 is 27.5 Å². The van der Waals surface area contributed by atoms with Gasteiger partial charge in [-0.3, -0.25) is 4.79 Å². The largest absolute Gasteiger partial charge is 0.281 e. The third-order valence-corrected chi connectivity index (χ3v) is 4.44. The third kappa shape index (κ3) is 4.47. The Bertz CT molecular complexity index is 570. The van der Waals surface area contributed by atoms with E-state index < -0.39 is 15.9 Å². The molecule has 5 nitrogen and oxygen atoms in total. The van der Waals surface area contributed by atoms with E-state index >= 15 is 0 Å². The van der Waals surface area contributed by atoms with Crippen LogP contribution in [0.4, 0.5) is 0 Å². The van der Waals surface area contributed by atoms with Gasteiger partial charge in [0.15, 0.2) is 5.03 Å². The summed E-state index contributed by atoms with van der Waals surface area (Å²) in [5, 5.41) is 0.0205. The predicted octanol–water partition coefficient (Wildman–Crippen LogP) is 2.12. The number of rotatable bonds is 6. The lowest BCUT2D eigenvalue weighted by molar-refractivity contribution is -0.119. The van der Waals surface area contributed by atoms with E-state index in [1.807, 2.05) is 4.72 Å². The van der Waals surface area contributed by atoms with Crippen LogP contribution in [0.1, 0.15) is 32.1 Å². The molecular formula is C12H15ClN2O3S. The van der Waals surface area contributed by atoms with Crippen LogP contribution in [-0.4, -0.2) is 19.3 Å². The van der Waals surface area contributed by atoms with Gasteiger partial charge in [0.05, 0.1) is 0 Å². The highest BCUT2D eigenvalue weighted by atomic mass is 35.5. The van der Waals surface area contributed by atoms with E-state index in [4.69, 9.17) is 11.6 Å². The van der Waals surface area contributed by atoms with Crippen molar-refractivity contribution in [2.24, 2.45) is 5.92 Å². The molecule has 1 aliphatic rings. The average Bonchev–Trinajstić information content (AvgIpc) is 3.12. The molecular weight excluding hydrogens is 288 g/mol. The molecule has 0 unspecified atom stereocenters. The van der Waals surface area contributed by atoms with Crippen LogP contribution in [0.25, 0.3) is 0 Å². The van der Waals surface area contributed by atoms with E-state index in [9.17, 15) is 13.2 Å². The number of halogens is 1. The van der Waals surface area contributed by atoms with Crippen LogP contribution < -0.4 is 4.72 Å². The number of sulfonamides is 1. The van der Waals surface area contributed by atoms with Gasteiger partial charge in [0.1, 0.15) is 0 Å². The summed E-state index contributed by atoms with van der Waals surface area (Å²) >= 11 is 5.70. The van der Waals surface area contributed by atoms with Gasteiger partial charge in [-0.2, -0.15) is 8.42 Å². The SMILES string of the molecule is O=C(CCCC1CC1)NS(=O)(=O)c1cc(Cl)ccn1. The van der Waals surface area contributed by atoms with Crippen LogP contribution in [0.3, 0.4) is 0 Å². The lowest BCUT2D eigenvalue weighted by Crippen LogP contribution is -2.30. The molecule has 1 amide bonds. The van der Waals surface area contributed by atoms with Gasteiger partial charge in [-0.1, -0.05) is 24.4 Å². The Morgan fingerprint density at radius 1 is 1.47 bits per heavy atom. The van der Waals surface area contributed by atoms with Crippen LogP contribution in [0.2, 0.25) is 5.02 Å². The number of nitrogens with zero attached hydrogens (tertiary/aromatic N) is 1. The Morgan fingerprint density at radius 3 is 2.84 bits per heavy atom. The van der Waals surface area contributed by atoms with Crippen molar-refractivity contribution in [3.05, 3.63) is 23.4 Å². The molecule has 19 heavy (non-hydrogen) atoms. The van der Waals surface area contributed by atoms with Crippen LogP contribution in [-0.2, 0) is 14.8 Å². The number of aromatic nitrogens is 1. The number of carbonyl (C=O) groups is 1. The molecule has 0 aliphatic heterocycles. The lowest BCUT2D eigenvalue weighted by atomic mass is 10.2. The molecule has 0 atom stereocenters. The molecule has 0 radical (unpaired) electrons. The second-order valence-electron chi connectivity index (χ2n) is 4.68. The molecule has 104 valence electrons. The molecule has 1 aliphatic carbocycles. The van der Waals surface area contributed by atoms with Crippen molar-refractivity contribution in [3.8, 4) is 0 Å². The minimum atomic E-state index is -3.91.